The van der Waals surface area contributed by atoms with Crippen LogP contribution in [0.1, 0.15) is 72.2 Å². The van der Waals surface area contributed by atoms with Crippen LogP contribution in [0.5, 0.6) is 11.9 Å². The minimum absolute atomic E-state index is 0.0396. The second-order valence-electron chi connectivity index (χ2n) is 22.7. The molecule has 4 aliphatic rings. The van der Waals surface area contributed by atoms with Gasteiger partial charge in [0.2, 0.25) is 29.9 Å². The fourth-order valence-corrected chi connectivity index (χ4v) is 13.2. The average Bonchev–Trinajstić information content (AvgIpc) is 0.778. The van der Waals surface area contributed by atoms with Crippen LogP contribution < -0.4 is 21.3 Å². The van der Waals surface area contributed by atoms with Crippen molar-refractivity contribution in [2.45, 2.75) is 140 Å². The first-order valence-electron chi connectivity index (χ1n) is 29.7. The summed E-state index contributed by atoms with van der Waals surface area (Å²) in [5, 5.41) is 93.9. The Morgan fingerprint density at radius 3 is 1.99 bits per heavy atom. The van der Waals surface area contributed by atoms with E-state index in [-0.39, 0.29) is 37.6 Å². The maximum atomic E-state index is 14.4. The zero-order valence-electron chi connectivity index (χ0n) is 50.7. The molecule has 0 radical (unpaired) electrons. The number of esters is 1. The molecule has 0 spiro atoms. The molecule has 2 aliphatic carbocycles. The van der Waals surface area contributed by atoms with Gasteiger partial charge in [-0.3, -0.25) is 32.8 Å². The third kappa shape index (κ3) is 19.9. The number of ether oxygens (including phenoxy) is 8. The first-order chi connectivity index (χ1) is 45.8. The summed E-state index contributed by atoms with van der Waals surface area (Å²) in [5.41, 5.74) is -1.37. The maximum absolute atomic E-state index is 14.4. The Labute approximate surface area is 551 Å². The molecule has 4 aromatic rings. The smallest absolute Gasteiger partial charge is 0.338 e. The van der Waals surface area contributed by atoms with Gasteiger partial charge in [-0.05, 0) is 67.0 Å². The molecule has 1 saturated heterocycles. The van der Waals surface area contributed by atoms with Gasteiger partial charge in [-0.2, -0.15) is 35.2 Å². The molecule has 8 rings (SSSR count). The number of anilines is 1. The van der Waals surface area contributed by atoms with Gasteiger partial charge in [-0.15, -0.1) is 0 Å². The van der Waals surface area contributed by atoms with Crippen molar-refractivity contribution >= 4 is 82.4 Å². The Morgan fingerprint density at radius 1 is 0.711 bits per heavy atom. The van der Waals surface area contributed by atoms with Gasteiger partial charge in [-0.25, -0.2) is 9.59 Å². The molecular weight excluding hydrogens is 1360 g/mol. The number of carboxylic acid groups (broad SMARTS) is 1. The van der Waals surface area contributed by atoms with Crippen LogP contribution >= 0.6 is 0 Å². The highest BCUT2D eigenvalue weighted by Crippen LogP contribution is 2.39. The SMILES string of the molecule is O=C(COCCOCC(=O)Nc1cc(S(=O)(=O)O)cc2cc(S(=O)(=O)O)cc(S(=O)(=O)O)c12)NCCNC(=O)C1CC(NC(=O)c2cc(O)nc(O)n2)C(OC2OC=C(O)C(O)C2O)C(OC2OC(CO)C(O)C(O[C@@H](CC3CCCCC3)C(=O)O)C2OC(=O)c2ccccc2)C1. The lowest BCUT2D eigenvalue weighted by Crippen LogP contribution is -2.65. The number of carboxylic acids is 1. The predicted octanol–water partition coefficient (Wildman–Crippen LogP) is -1.45. The second kappa shape index (κ2) is 32.6. The number of aliphatic hydroxyl groups is 5. The first-order valence-corrected chi connectivity index (χ1v) is 34.0. The Balaban J connectivity index is 0.969. The lowest BCUT2D eigenvalue weighted by Gasteiger charge is -2.48. The average molecular weight is 1430 g/mol. The van der Waals surface area contributed by atoms with Crippen LogP contribution in [-0.2, 0) is 87.4 Å². The molecule has 37 nitrogen and oxygen atoms in total. The molecule has 3 aromatic carbocycles. The van der Waals surface area contributed by atoms with E-state index in [1.165, 1.54) is 24.3 Å². The van der Waals surface area contributed by atoms with Crippen LogP contribution in [0.25, 0.3) is 10.8 Å². The van der Waals surface area contributed by atoms with E-state index < -0.39 is 239 Å². The first kappa shape index (κ1) is 74.9. The van der Waals surface area contributed by atoms with E-state index in [0.29, 0.717) is 43.4 Å². The van der Waals surface area contributed by atoms with Crippen LogP contribution in [0.3, 0.4) is 0 Å². The number of benzene rings is 3. The van der Waals surface area contributed by atoms with E-state index in [1.54, 1.807) is 6.07 Å². The summed E-state index contributed by atoms with van der Waals surface area (Å²) < 4.78 is 149. The van der Waals surface area contributed by atoms with E-state index in [2.05, 4.69) is 31.2 Å². The number of rotatable bonds is 29. The molecule has 97 heavy (non-hydrogen) atoms. The molecule has 3 heterocycles. The molecule has 0 bridgehead atoms. The molecule has 1 aromatic heterocycles. The van der Waals surface area contributed by atoms with Gasteiger partial charge in [0.1, 0.15) is 66.7 Å². The molecule has 2 saturated carbocycles. The van der Waals surface area contributed by atoms with Crippen LogP contribution in [0, 0.1) is 11.8 Å². The van der Waals surface area contributed by atoms with E-state index in [9.17, 15) is 109 Å². The minimum Gasteiger partial charge on any atom is -0.506 e. The van der Waals surface area contributed by atoms with Gasteiger partial charge in [0, 0.05) is 30.5 Å². The van der Waals surface area contributed by atoms with Crippen molar-refractivity contribution in [3.63, 3.8) is 0 Å². The van der Waals surface area contributed by atoms with Crippen LogP contribution in [0.2, 0.25) is 0 Å². The number of carbonyl (C=O) groups excluding carboxylic acids is 5. The highest BCUT2D eigenvalue weighted by Gasteiger charge is 2.54. The molecule has 15 N–H and O–H groups in total. The summed E-state index contributed by atoms with van der Waals surface area (Å²) in [6, 6.07) is 7.64. The number of hydrogen-bond acceptors (Lipinski definition) is 29. The summed E-state index contributed by atoms with van der Waals surface area (Å²) in [4.78, 5) is 85.0. The Morgan fingerprint density at radius 2 is 1.36 bits per heavy atom. The van der Waals surface area contributed by atoms with Gasteiger partial charge in [0.15, 0.2) is 24.3 Å². The summed E-state index contributed by atoms with van der Waals surface area (Å²) in [6.07, 6.45) is -16.9. The highest BCUT2D eigenvalue weighted by atomic mass is 32.2. The number of aromatic hydroxyl groups is 2. The van der Waals surface area contributed by atoms with Gasteiger partial charge in [-0.1, -0.05) is 50.3 Å². The summed E-state index contributed by atoms with van der Waals surface area (Å²) in [6.45, 7) is -3.81. The van der Waals surface area contributed by atoms with Crippen molar-refractivity contribution in [2.24, 2.45) is 11.8 Å². The zero-order chi connectivity index (χ0) is 70.7. The van der Waals surface area contributed by atoms with E-state index in [1.807, 2.05) is 0 Å². The quantitative estimate of drug-likeness (QED) is 0.0168. The normalized spacial score (nSPS) is 25.2. The molecule has 40 heteroatoms. The molecule has 4 amide bonds. The molecule has 2 aliphatic heterocycles. The number of aliphatic hydroxyl groups excluding tert-OH is 5. The highest BCUT2D eigenvalue weighted by molar-refractivity contribution is 7.87. The largest absolute Gasteiger partial charge is 0.506 e. The van der Waals surface area contributed by atoms with Crippen molar-refractivity contribution < 1.29 is 146 Å². The molecule has 12 unspecified atom stereocenters. The van der Waals surface area contributed by atoms with Gasteiger partial charge in [0.25, 0.3) is 36.3 Å². The minimum atomic E-state index is -5.35. The number of fused-ring (bicyclic) bond motifs is 1. The predicted molar refractivity (Wildman–Crippen MR) is 321 cm³/mol. The number of nitrogens with zero attached hydrogens (tertiary/aromatic N) is 2. The maximum Gasteiger partial charge on any atom is 0.338 e. The third-order valence-corrected chi connectivity index (χ3v) is 18.4. The second-order valence-corrected chi connectivity index (χ2v) is 27.0. The lowest BCUT2D eigenvalue weighted by molar-refractivity contribution is -0.336. The van der Waals surface area contributed by atoms with E-state index in [0.717, 1.165) is 25.3 Å². The van der Waals surface area contributed by atoms with Crippen LogP contribution in [0.4, 0.5) is 5.69 Å². The summed E-state index contributed by atoms with van der Waals surface area (Å²) in [7, 11) is -15.6. The molecule has 13 atom stereocenters. The number of hydrogen-bond donors (Lipinski definition) is 15. The Kier molecular flexibility index (Phi) is 25.2. The third-order valence-electron chi connectivity index (χ3n) is 15.9. The van der Waals surface area contributed by atoms with Crippen molar-refractivity contribution in [2.75, 3.05) is 51.4 Å². The Bertz CT molecular complexity index is 3880. The van der Waals surface area contributed by atoms with Gasteiger partial charge in [0.05, 0.1) is 53.0 Å². The van der Waals surface area contributed by atoms with Crippen LogP contribution in [0.15, 0.2) is 87.4 Å². The zero-order valence-corrected chi connectivity index (χ0v) is 53.2. The molecule has 3 fully saturated rings. The monoisotopic (exact) mass is 1430 g/mol. The van der Waals surface area contributed by atoms with Crippen LogP contribution in [-0.4, -0.2) is 245 Å². The van der Waals surface area contributed by atoms with Crippen molar-refractivity contribution in [3.05, 3.63) is 83.9 Å². The summed E-state index contributed by atoms with van der Waals surface area (Å²) in [5.74, 6) is -9.44. The van der Waals surface area contributed by atoms with Crippen molar-refractivity contribution in [1.82, 2.24) is 25.9 Å². The number of nitrogens with one attached hydrogen (secondary N) is 4. The van der Waals surface area contributed by atoms with Gasteiger partial charge >= 0.3 is 17.9 Å². The number of aliphatic carboxylic acids is 1. The van der Waals surface area contributed by atoms with Gasteiger partial charge < -0.3 is 100 Å². The van der Waals surface area contributed by atoms with Crippen molar-refractivity contribution in [3.8, 4) is 11.9 Å². The molecule has 532 valence electrons. The van der Waals surface area contributed by atoms with E-state index in [4.69, 9.17) is 37.9 Å². The summed E-state index contributed by atoms with van der Waals surface area (Å²) >= 11 is 0. The number of carbonyl (C=O) groups is 6. The van der Waals surface area contributed by atoms with Crippen molar-refractivity contribution in [1.29, 1.82) is 0 Å². The number of amides is 4. The molecular formula is C57H70N6O31S3. The van der Waals surface area contributed by atoms with E-state index >= 15 is 0 Å². The lowest BCUT2D eigenvalue weighted by atomic mass is 9.80. The fourth-order valence-electron chi connectivity index (χ4n) is 11.3. The Hall–Kier alpha value is -7.91. The topological polar surface area (TPSA) is 575 Å². The standard InChI is InChI=1S/C57H70N6O31S3/c64-23-39-46(70)49(90-38(53(74)75)15-27-7-3-1-4-8-27)50(93-54(76)28-9-5-2-6-10-28)56(92-39)91-37-19-30(18-34(61-52(73)35-22-41(66)63-57(77)62-35)48(37)94-55-47(71)45(69)36(65)24-89-55)51(72)59-12-11-58-42(67)25-87-13-14-88-26-43(68)60-33-20-31(95(78,79)80)16-29-17-32(96(81,82)83)21-40(44(29)33)97(84,85)86/h2,5-6,9-10,16-17,20-22,24,27,30,34,37-39,45-50,55-56,64-65,69-71H,1,3-4,7-8,11-15,18-19,23,25-26H2,(H,58,67)(H,59,72)(H,60,68)(H,61,73)(H,74,75)(H,78,79,80)(H,81,82,83)(H,84,85,86)(H2,62,63,66,77)/t30?,34?,37?,38-,39?,45?,46?,47?,48?,49?,50?,55?,56?/m0/s1. The number of aromatic nitrogens is 2. The fraction of sp³-hybridized carbons (Fsp3) is 0.509.